The van der Waals surface area contributed by atoms with Crippen LogP contribution in [0.5, 0.6) is 5.75 Å². The van der Waals surface area contributed by atoms with Crippen LogP contribution in [0.15, 0.2) is 36.4 Å². The molecule has 1 N–H and O–H groups in total. The smallest absolute Gasteiger partial charge is 0.119 e. The molecule has 0 saturated carbocycles. The van der Waals surface area contributed by atoms with Crippen molar-refractivity contribution in [2.24, 2.45) is 0 Å². The Kier molecular flexibility index (Phi) is 4.80. The first-order valence-electron chi connectivity index (χ1n) is 7.97. The van der Waals surface area contributed by atoms with Gasteiger partial charge >= 0.3 is 0 Å². The highest BCUT2D eigenvalue weighted by molar-refractivity contribution is 5.95. The van der Waals surface area contributed by atoms with E-state index in [2.05, 4.69) is 40.1 Å². The largest absolute Gasteiger partial charge is 0.497 e. The van der Waals surface area contributed by atoms with Gasteiger partial charge in [0.1, 0.15) is 5.75 Å². The third kappa shape index (κ3) is 3.18. The standard InChI is InChI=1S/C18H24N2O2/c1-22-16-7-6-15-4-2-5-18(17(15)14-16)20-11-9-19(10-12-20)8-3-13-21/h2,4-7,14,21H,3,8-13H2,1H3. The highest BCUT2D eigenvalue weighted by atomic mass is 16.5. The number of aliphatic hydroxyl groups is 1. The van der Waals surface area contributed by atoms with Crippen molar-refractivity contribution in [3.05, 3.63) is 36.4 Å². The van der Waals surface area contributed by atoms with Crippen molar-refractivity contribution in [2.45, 2.75) is 6.42 Å². The lowest BCUT2D eigenvalue weighted by Crippen LogP contribution is -2.46. The second kappa shape index (κ2) is 6.99. The first kappa shape index (κ1) is 15.1. The lowest BCUT2D eigenvalue weighted by Gasteiger charge is -2.36. The van der Waals surface area contributed by atoms with E-state index in [1.54, 1.807) is 7.11 Å². The van der Waals surface area contributed by atoms with Crippen molar-refractivity contribution in [1.82, 2.24) is 4.90 Å². The summed E-state index contributed by atoms with van der Waals surface area (Å²) in [6.07, 6.45) is 0.867. The topological polar surface area (TPSA) is 35.9 Å². The van der Waals surface area contributed by atoms with Gasteiger partial charge in [0.15, 0.2) is 0 Å². The zero-order chi connectivity index (χ0) is 15.4. The summed E-state index contributed by atoms with van der Waals surface area (Å²) >= 11 is 0. The number of rotatable bonds is 5. The molecule has 1 saturated heterocycles. The molecule has 1 aliphatic heterocycles. The fourth-order valence-corrected chi connectivity index (χ4v) is 3.14. The summed E-state index contributed by atoms with van der Waals surface area (Å²) in [5, 5.41) is 11.5. The monoisotopic (exact) mass is 300 g/mol. The molecule has 1 fully saturated rings. The minimum Gasteiger partial charge on any atom is -0.497 e. The molecular formula is C18H24N2O2. The summed E-state index contributed by atoms with van der Waals surface area (Å²) in [7, 11) is 1.71. The number of nitrogens with zero attached hydrogens (tertiary/aromatic N) is 2. The summed E-state index contributed by atoms with van der Waals surface area (Å²) in [6, 6.07) is 12.7. The minimum absolute atomic E-state index is 0.281. The summed E-state index contributed by atoms with van der Waals surface area (Å²) in [6.45, 7) is 5.45. The van der Waals surface area contributed by atoms with Gasteiger partial charge in [-0.2, -0.15) is 0 Å². The summed E-state index contributed by atoms with van der Waals surface area (Å²) in [5.74, 6) is 0.904. The van der Waals surface area contributed by atoms with E-state index in [0.717, 1.165) is 44.9 Å². The molecule has 0 bridgehead atoms. The zero-order valence-corrected chi connectivity index (χ0v) is 13.2. The van der Waals surface area contributed by atoms with Gasteiger partial charge in [0.05, 0.1) is 7.11 Å². The van der Waals surface area contributed by atoms with Gasteiger partial charge in [-0.25, -0.2) is 0 Å². The number of methoxy groups -OCH3 is 1. The predicted octanol–water partition coefficient (Wildman–Crippen LogP) is 2.35. The number of fused-ring (bicyclic) bond motifs is 1. The fourth-order valence-electron chi connectivity index (χ4n) is 3.14. The Morgan fingerprint density at radius 1 is 1.09 bits per heavy atom. The molecule has 118 valence electrons. The number of benzene rings is 2. The van der Waals surface area contributed by atoms with Crippen LogP contribution in [0.1, 0.15) is 6.42 Å². The molecule has 4 nitrogen and oxygen atoms in total. The van der Waals surface area contributed by atoms with Crippen molar-refractivity contribution >= 4 is 16.5 Å². The van der Waals surface area contributed by atoms with Gasteiger partial charge in [-0.15, -0.1) is 0 Å². The maximum atomic E-state index is 8.95. The Balaban J connectivity index is 1.79. The van der Waals surface area contributed by atoms with E-state index in [-0.39, 0.29) is 6.61 Å². The SMILES string of the molecule is COc1ccc2cccc(N3CCN(CCCO)CC3)c2c1. The summed E-state index contributed by atoms with van der Waals surface area (Å²) in [4.78, 5) is 4.88. The molecule has 2 aromatic carbocycles. The third-order valence-corrected chi connectivity index (χ3v) is 4.41. The predicted molar refractivity (Wildman–Crippen MR) is 90.9 cm³/mol. The highest BCUT2D eigenvalue weighted by Crippen LogP contribution is 2.30. The molecular weight excluding hydrogens is 276 g/mol. The number of hydrogen-bond acceptors (Lipinski definition) is 4. The summed E-state index contributed by atoms with van der Waals surface area (Å²) in [5.41, 5.74) is 1.29. The van der Waals surface area contributed by atoms with Crippen LogP contribution in [0.4, 0.5) is 5.69 Å². The Hall–Kier alpha value is -1.78. The molecule has 0 aliphatic carbocycles. The van der Waals surface area contributed by atoms with Crippen LogP contribution in [-0.4, -0.2) is 56.4 Å². The van der Waals surface area contributed by atoms with E-state index in [1.165, 1.54) is 16.5 Å². The van der Waals surface area contributed by atoms with E-state index in [0.29, 0.717) is 0 Å². The van der Waals surface area contributed by atoms with Crippen LogP contribution in [0.25, 0.3) is 10.8 Å². The molecule has 3 rings (SSSR count). The van der Waals surface area contributed by atoms with Crippen LogP contribution in [-0.2, 0) is 0 Å². The van der Waals surface area contributed by atoms with Crippen molar-refractivity contribution in [3.63, 3.8) is 0 Å². The van der Waals surface area contributed by atoms with Gasteiger partial charge in [-0.1, -0.05) is 18.2 Å². The fraction of sp³-hybridized carbons (Fsp3) is 0.444. The Bertz CT molecular complexity index is 622. The molecule has 0 atom stereocenters. The maximum absolute atomic E-state index is 8.95. The van der Waals surface area contributed by atoms with Gasteiger partial charge in [-0.3, -0.25) is 4.90 Å². The van der Waals surface area contributed by atoms with Gasteiger partial charge < -0.3 is 14.7 Å². The maximum Gasteiger partial charge on any atom is 0.119 e. The molecule has 0 radical (unpaired) electrons. The molecule has 22 heavy (non-hydrogen) atoms. The first-order valence-corrected chi connectivity index (χ1v) is 7.97. The third-order valence-electron chi connectivity index (χ3n) is 4.41. The van der Waals surface area contributed by atoms with Crippen LogP contribution < -0.4 is 9.64 Å². The van der Waals surface area contributed by atoms with E-state index < -0.39 is 0 Å². The van der Waals surface area contributed by atoms with Crippen LogP contribution in [0.2, 0.25) is 0 Å². The van der Waals surface area contributed by atoms with Gasteiger partial charge in [0.25, 0.3) is 0 Å². The normalized spacial score (nSPS) is 16.2. The first-order chi connectivity index (χ1) is 10.8. The van der Waals surface area contributed by atoms with E-state index in [9.17, 15) is 0 Å². The van der Waals surface area contributed by atoms with E-state index in [4.69, 9.17) is 9.84 Å². The Morgan fingerprint density at radius 2 is 1.91 bits per heavy atom. The quantitative estimate of drug-likeness (QED) is 0.919. The zero-order valence-electron chi connectivity index (χ0n) is 13.2. The molecule has 1 aliphatic rings. The van der Waals surface area contributed by atoms with Gasteiger partial charge in [0, 0.05) is 50.4 Å². The van der Waals surface area contributed by atoms with Crippen LogP contribution in [0, 0.1) is 0 Å². The molecule has 0 aromatic heterocycles. The molecule has 1 heterocycles. The van der Waals surface area contributed by atoms with Gasteiger partial charge in [0.2, 0.25) is 0 Å². The van der Waals surface area contributed by atoms with Crippen molar-refractivity contribution in [3.8, 4) is 5.75 Å². The van der Waals surface area contributed by atoms with E-state index in [1.807, 2.05) is 6.07 Å². The number of piperazine rings is 1. The molecule has 2 aromatic rings. The molecule has 0 spiro atoms. The number of ether oxygens (including phenoxy) is 1. The number of hydrogen-bond donors (Lipinski definition) is 1. The average molecular weight is 300 g/mol. The van der Waals surface area contributed by atoms with Crippen molar-refractivity contribution in [1.29, 1.82) is 0 Å². The Morgan fingerprint density at radius 3 is 2.64 bits per heavy atom. The number of aliphatic hydroxyl groups excluding tert-OH is 1. The molecule has 0 unspecified atom stereocenters. The summed E-state index contributed by atoms with van der Waals surface area (Å²) < 4.78 is 5.38. The van der Waals surface area contributed by atoms with Crippen molar-refractivity contribution < 1.29 is 9.84 Å². The number of anilines is 1. The lowest BCUT2D eigenvalue weighted by molar-refractivity contribution is 0.216. The van der Waals surface area contributed by atoms with E-state index >= 15 is 0 Å². The minimum atomic E-state index is 0.281. The average Bonchev–Trinajstić information content (AvgIpc) is 2.59. The van der Waals surface area contributed by atoms with Crippen LogP contribution >= 0.6 is 0 Å². The van der Waals surface area contributed by atoms with Crippen LogP contribution in [0.3, 0.4) is 0 Å². The lowest BCUT2D eigenvalue weighted by atomic mass is 10.1. The Labute approximate surface area is 131 Å². The van der Waals surface area contributed by atoms with Gasteiger partial charge in [-0.05, 0) is 30.0 Å². The molecule has 0 amide bonds. The second-order valence-electron chi connectivity index (χ2n) is 5.77. The highest BCUT2D eigenvalue weighted by Gasteiger charge is 2.18. The molecule has 4 heteroatoms. The second-order valence-corrected chi connectivity index (χ2v) is 5.77. The van der Waals surface area contributed by atoms with Crippen molar-refractivity contribution in [2.75, 3.05) is 51.3 Å².